The molecule has 0 unspecified atom stereocenters. The molecule has 1 saturated carbocycles. The number of unbranched alkanes of at least 4 members (excludes halogenated alkanes) is 1. The van der Waals surface area contributed by atoms with Gasteiger partial charge in [0.25, 0.3) is 11.7 Å². The first-order valence-electron chi connectivity index (χ1n) is 30.4. The highest BCUT2D eigenvalue weighted by molar-refractivity contribution is 6.39. The molecule has 2 aromatic heterocycles. The Balaban J connectivity index is 1.22. The summed E-state index contributed by atoms with van der Waals surface area (Å²) in [5.41, 5.74) is 2.27. The van der Waals surface area contributed by atoms with Crippen LogP contribution in [0.25, 0.3) is 0 Å². The lowest BCUT2D eigenvalue weighted by Crippen LogP contribution is -2.60. The van der Waals surface area contributed by atoms with E-state index in [1.165, 1.54) is 12.0 Å². The number of ether oxygens (including phenoxy) is 6. The van der Waals surface area contributed by atoms with Crippen molar-refractivity contribution in [3.8, 4) is 0 Å². The van der Waals surface area contributed by atoms with Gasteiger partial charge in [0, 0.05) is 70.3 Å². The maximum Gasteiger partial charge on any atom is 0.329 e. The van der Waals surface area contributed by atoms with Crippen molar-refractivity contribution in [3.63, 3.8) is 0 Å². The monoisotopic (exact) mass is 1140 g/mol. The van der Waals surface area contributed by atoms with Gasteiger partial charge in [-0.2, -0.15) is 0 Å². The SMILES string of the molecule is CCOCCn1cc(CCCCO[C@@H]2CC[C@@H](C[C@@H](C)[C@@H]3CC(=O)[C@H](C)/C=C(\C)[C@@H](O)[C@@H](OC)C(=O)[C@H](C)C[C@H](C)/C=C/C=C/C=C(\C)[C@@H](c4ccco4)C[C@@H]4CC[C@@H](C)[C@@](O)(O4)C(=O)C(=O)N4CCCC[C@H]4C(=O)O3)C[C@H]2OC)nn1. The zero-order chi connectivity index (χ0) is 59.5. The zero-order valence-corrected chi connectivity index (χ0v) is 50.6. The summed E-state index contributed by atoms with van der Waals surface area (Å²) < 4.78 is 44.0. The van der Waals surface area contributed by atoms with Gasteiger partial charge >= 0.3 is 5.97 Å². The summed E-state index contributed by atoms with van der Waals surface area (Å²) in [6.07, 6.45) is 19.0. The summed E-state index contributed by atoms with van der Waals surface area (Å²) in [5, 5.41) is 32.4. The number of furan rings is 1. The third-order valence-electron chi connectivity index (χ3n) is 17.5. The number of piperidine rings is 1. The average molecular weight is 1150 g/mol. The van der Waals surface area contributed by atoms with Crippen molar-refractivity contribution in [2.24, 2.45) is 35.5 Å². The van der Waals surface area contributed by atoms with E-state index in [1.807, 2.05) is 77.3 Å². The van der Waals surface area contributed by atoms with E-state index >= 15 is 0 Å². The maximum absolute atomic E-state index is 14.7. The van der Waals surface area contributed by atoms with Crippen LogP contribution in [0.4, 0.5) is 0 Å². The lowest BCUT2D eigenvalue weighted by atomic mass is 9.78. The van der Waals surface area contributed by atoms with Crippen LogP contribution in [0, 0.1) is 35.5 Å². The molecule has 2 saturated heterocycles. The van der Waals surface area contributed by atoms with E-state index in [2.05, 4.69) is 10.3 Å². The third kappa shape index (κ3) is 18.3. The van der Waals surface area contributed by atoms with Gasteiger partial charge in [-0.05, 0) is 146 Å². The second kappa shape index (κ2) is 32.4. The van der Waals surface area contributed by atoms with E-state index in [1.54, 1.807) is 51.0 Å². The highest BCUT2D eigenvalue weighted by Gasteiger charge is 2.53. The van der Waals surface area contributed by atoms with E-state index in [-0.39, 0.29) is 66.8 Å². The predicted octanol–water partition coefficient (Wildman–Crippen LogP) is 9.22. The molecule has 1 amide bonds. The number of aryl methyl sites for hydroxylation is 1. The number of aliphatic hydroxyl groups excluding tert-OH is 1. The number of carbonyl (C=O) groups excluding carboxylic acids is 5. The summed E-state index contributed by atoms with van der Waals surface area (Å²) in [4.78, 5) is 73.4. The number of nitrogens with zero attached hydrogens (tertiary/aromatic N) is 4. The van der Waals surface area contributed by atoms with Gasteiger partial charge in [0.1, 0.15) is 35.9 Å². The highest BCUT2D eigenvalue weighted by atomic mass is 16.6. The Kier molecular flexibility index (Phi) is 26.1. The Labute approximate surface area is 486 Å². The van der Waals surface area contributed by atoms with Crippen LogP contribution < -0.4 is 0 Å². The molecule has 18 heteroatoms. The molecule has 4 aliphatic rings. The number of hydrogen-bond acceptors (Lipinski definition) is 16. The van der Waals surface area contributed by atoms with Gasteiger partial charge in [0.05, 0.1) is 43.4 Å². The molecule has 1 aliphatic carbocycles. The summed E-state index contributed by atoms with van der Waals surface area (Å²) in [6, 6.07) is 2.52. The van der Waals surface area contributed by atoms with E-state index in [0.29, 0.717) is 89.1 Å². The molecule has 456 valence electrons. The first-order chi connectivity index (χ1) is 39.3. The van der Waals surface area contributed by atoms with Crippen molar-refractivity contribution in [1.82, 2.24) is 19.9 Å². The first kappa shape index (κ1) is 66.2. The number of hydrogen-bond donors (Lipinski definition) is 2. The van der Waals surface area contributed by atoms with Gasteiger partial charge < -0.3 is 48.0 Å². The van der Waals surface area contributed by atoms with Crippen molar-refractivity contribution in [2.75, 3.05) is 40.6 Å². The van der Waals surface area contributed by atoms with Gasteiger partial charge in [-0.15, -0.1) is 5.10 Å². The van der Waals surface area contributed by atoms with Crippen LogP contribution in [0.2, 0.25) is 0 Å². The van der Waals surface area contributed by atoms with Gasteiger partial charge in [-0.3, -0.25) is 19.2 Å². The number of allylic oxidation sites excluding steroid dienone is 7. The number of amides is 1. The van der Waals surface area contributed by atoms with Gasteiger partial charge in [-0.1, -0.05) is 81.9 Å². The van der Waals surface area contributed by atoms with Gasteiger partial charge in [0.2, 0.25) is 5.79 Å². The van der Waals surface area contributed by atoms with Crippen molar-refractivity contribution < 1.29 is 67.0 Å². The summed E-state index contributed by atoms with van der Waals surface area (Å²) in [6.45, 7) is 17.4. The number of ketones is 3. The Morgan fingerprint density at radius 3 is 2.41 bits per heavy atom. The molecule has 82 heavy (non-hydrogen) atoms. The molecule has 0 radical (unpaired) electrons. The fourth-order valence-corrected chi connectivity index (χ4v) is 12.4. The lowest BCUT2D eigenvalue weighted by Gasteiger charge is -2.42. The molecule has 6 rings (SSSR count). The van der Waals surface area contributed by atoms with Crippen molar-refractivity contribution in [1.29, 1.82) is 0 Å². The summed E-state index contributed by atoms with van der Waals surface area (Å²) in [5.74, 6) is -7.60. The van der Waals surface area contributed by atoms with E-state index in [9.17, 15) is 34.2 Å². The van der Waals surface area contributed by atoms with Crippen LogP contribution in [0.3, 0.4) is 0 Å². The molecule has 3 aliphatic heterocycles. The fourth-order valence-electron chi connectivity index (χ4n) is 12.4. The van der Waals surface area contributed by atoms with E-state index in [0.717, 1.165) is 43.4 Å². The van der Waals surface area contributed by atoms with Crippen molar-refractivity contribution in [2.45, 2.75) is 213 Å². The number of aliphatic hydroxyl groups is 2. The Bertz CT molecular complexity index is 2480. The van der Waals surface area contributed by atoms with Crippen LogP contribution in [0.1, 0.15) is 163 Å². The number of Topliss-reactive ketones (excluding diaryl/α,β-unsaturated/α-hetero) is 3. The standard InChI is InChI=1S/C64H96N4O14/c1-11-78-33-30-67-40-49(65-66-67)22-16-18-31-80-55-28-26-48(37-57(55)76-9)36-44(5)56-39-53(69)43(4)35-46(7)59(71)60(77-10)58(70)45(6)34-41(2)20-13-12-14-21-42(3)51(54-24-19-32-79-54)38-50-27-25-47(8)64(75,82-50)61(72)62(73)68-29-17-15-23-52(68)63(74)81-56/h12-14,19-21,24,32,35,40-41,43-45,47-48,50-52,55-57,59-60,71,75H,11,15-18,22-23,25-31,33-34,36-39H2,1-10H3/b14-12+,20-13+,42-21+,46-35+/t41-,43-,44-,45-,47-,48+,50+,51+,52+,55-,56+,57-,59-,60+,64-/m1/s1. The Morgan fingerprint density at radius 1 is 0.890 bits per heavy atom. The number of aromatic nitrogens is 3. The van der Waals surface area contributed by atoms with Crippen LogP contribution in [0.5, 0.6) is 0 Å². The van der Waals surface area contributed by atoms with Gasteiger partial charge in [0.15, 0.2) is 5.78 Å². The number of esters is 1. The first-order valence-corrected chi connectivity index (χ1v) is 30.4. The van der Waals surface area contributed by atoms with Crippen LogP contribution >= 0.6 is 0 Å². The third-order valence-corrected chi connectivity index (χ3v) is 17.5. The number of methoxy groups -OCH3 is 2. The van der Waals surface area contributed by atoms with Crippen LogP contribution in [-0.4, -0.2) is 148 Å². The molecule has 5 heterocycles. The quantitative estimate of drug-likeness (QED) is 0.0691. The Hall–Kier alpha value is -4.95. The fraction of sp³-hybridized carbons (Fsp3) is 0.703. The topological polar surface area (TPSA) is 228 Å². The van der Waals surface area contributed by atoms with Crippen molar-refractivity contribution >= 4 is 29.2 Å². The van der Waals surface area contributed by atoms with Crippen molar-refractivity contribution in [3.05, 3.63) is 83.6 Å². The number of cyclic esters (lactones) is 1. The molecule has 2 bridgehead atoms. The number of carbonyl (C=O) groups is 5. The maximum atomic E-state index is 14.7. The molecular formula is C64H96N4O14. The van der Waals surface area contributed by atoms with Crippen LogP contribution in [0.15, 0.2) is 76.6 Å². The van der Waals surface area contributed by atoms with E-state index in [4.69, 9.17) is 32.8 Å². The zero-order valence-electron chi connectivity index (χ0n) is 50.6. The molecule has 18 nitrogen and oxygen atoms in total. The summed E-state index contributed by atoms with van der Waals surface area (Å²) in [7, 11) is 3.09. The second-order valence-corrected chi connectivity index (χ2v) is 23.9. The average Bonchev–Trinajstić information content (AvgIpc) is 4.21. The molecule has 2 N–H and O–H groups in total. The number of fused-ring (bicyclic) bond motifs is 3. The largest absolute Gasteiger partial charge is 0.469 e. The summed E-state index contributed by atoms with van der Waals surface area (Å²) >= 11 is 0. The highest BCUT2D eigenvalue weighted by Crippen LogP contribution is 2.40. The van der Waals surface area contributed by atoms with Crippen LogP contribution in [-0.2, 0) is 65.4 Å². The minimum atomic E-state index is -2.46. The second-order valence-electron chi connectivity index (χ2n) is 23.9. The van der Waals surface area contributed by atoms with Gasteiger partial charge in [-0.25, -0.2) is 9.48 Å². The predicted molar refractivity (Wildman–Crippen MR) is 309 cm³/mol. The molecule has 0 spiro atoms. The smallest absolute Gasteiger partial charge is 0.329 e. The molecule has 0 aromatic carbocycles. The Morgan fingerprint density at radius 2 is 1.68 bits per heavy atom. The van der Waals surface area contributed by atoms with E-state index < -0.39 is 71.7 Å². The molecular weight excluding hydrogens is 1050 g/mol. The molecule has 15 atom stereocenters. The number of rotatable bonds is 16. The normalized spacial score (nSPS) is 34.5. The lowest BCUT2D eigenvalue weighted by molar-refractivity contribution is -0.264. The minimum Gasteiger partial charge on any atom is -0.469 e. The minimum absolute atomic E-state index is 0.00307. The molecule has 3 fully saturated rings. The molecule has 2 aromatic rings.